The van der Waals surface area contributed by atoms with E-state index in [-0.39, 0.29) is 12.0 Å². The van der Waals surface area contributed by atoms with Gasteiger partial charge < -0.3 is 15.0 Å². The average Bonchev–Trinajstić information content (AvgIpc) is 2.85. The lowest BCUT2D eigenvalue weighted by Gasteiger charge is -2.35. The fourth-order valence-corrected chi connectivity index (χ4v) is 4.29. The van der Waals surface area contributed by atoms with Crippen LogP contribution in [0.15, 0.2) is 61.1 Å². The molecular weight excluding hydrogens is 404 g/mol. The van der Waals surface area contributed by atoms with Gasteiger partial charge in [0.1, 0.15) is 17.7 Å². The Morgan fingerprint density at radius 1 is 1.09 bits per heavy atom. The summed E-state index contributed by atoms with van der Waals surface area (Å²) in [7, 11) is 0. The van der Waals surface area contributed by atoms with Crippen molar-refractivity contribution in [2.75, 3.05) is 43.0 Å². The molecule has 0 aliphatic carbocycles. The third kappa shape index (κ3) is 4.61. The summed E-state index contributed by atoms with van der Waals surface area (Å²) in [5, 5.41) is 3.16. The molecule has 2 aliphatic rings. The van der Waals surface area contributed by atoms with Crippen molar-refractivity contribution in [1.29, 1.82) is 0 Å². The molecule has 0 bridgehead atoms. The molecule has 1 amide bonds. The number of ether oxygens (including phenoxy) is 1. The van der Waals surface area contributed by atoms with Gasteiger partial charge >= 0.3 is 0 Å². The quantitative estimate of drug-likeness (QED) is 0.666. The van der Waals surface area contributed by atoms with Gasteiger partial charge in [0.2, 0.25) is 5.91 Å². The number of amides is 1. The van der Waals surface area contributed by atoms with Gasteiger partial charge in [0.05, 0.1) is 25.0 Å². The zero-order valence-corrected chi connectivity index (χ0v) is 17.9. The predicted molar refractivity (Wildman–Crippen MR) is 122 cm³/mol. The SMILES string of the molecule is O=C(CN1CCO[C@H](c2cccc(Nc3cnccn3)n2)C1)N1CCCc2ccccc21. The molecule has 8 heteroatoms. The van der Waals surface area contributed by atoms with Crippen molar-refractivity contribution in [3.05, 3.63) is 72.3 Å². The number of nitrogens with one attached hydrogen (secondary N) is 1. The van der Waals surface area contributed by atoms with Crippen molar-refractivity contribution >= 4 is 23.2 Å². The second-order valence-corrected chi connectivity index (χ2v) is 8.04. The third-order valence-corrected chi connectivity index (χ3v) is 5.84. The molecule has 0 spiro atoms. The Morgan fingerprint density at radius 3 is 2.94 bits per heavy atom. The molecule has 4 heterocycles. The Kier molecular flexibility index (Phi) is 6.04. The molecule has 0 radical (unpaired) electrons. The zero-order chi connectivity index (χ0) is 21.8. The van der Waals surface area contributed by atoms with Crippen LogP contribution >= 0.6 is 0 Å². The lowest BCUT2D eigenvalue weighted by Crippen LogP contribution is -2.47. The van der Waals surface area contributed by atoms with Crippen molar-refractivity contribution in [2.45, 2.75) is 18.9 Å². The molecule has 1 fully saturated rings. The zero-order valence-electron chi connectivity index (χ0n) is 17.9. The Labute approximate surface area is 187 Å². The van der Waals surface area contributed by atoms with Crippen LogP contribution in [0.1, 0.15) is 23.8 Å². The van der Waals surface area contributed by atoms with E-state index in [0.29, 0.717) is 31.3 Å². The number of fused-ring (bicyclic) bond motifs is 1. The first-order valence-electron chi connectivity index (χ1n) is 11.0. The van der Waals surface area contributed by atoms with Gasteiger partial charge in [0.25, 0.3) is 0 Å². The molecule has 1 saturated heterocycles. The van der Waals surface area contributed by atoms with Gasteiger partial charge in [-0.3, -0.25) is 14.7 Å². The number of aryl methyl sites for hydroxylation is 1. The molecule has 2 aromatic heterocycles. The van der Waals surface area contributed by atoms with Crippen molar-refractivity contribution in [1.82, 2.24) is 19.9 Å². The van der Waals surface area contributed by atoms with Crippen LogP contribution in [0, 0.1) is 0 Å². The molecule has 1 N–H and O–H groups in total. The van der Waals surface area contributed by atoms with Crippen molar-refractivity contribution in [2.24, 2.45) is 0 Å². The Morgan fingerprint density at radius 2 is 2.03 bits per heavy atom. The first kappa shape index (κ1) is 20.5. The highest BCUT2D eigenvalue weighted by molar-refractivity contribution is 5.96. The summed E-state index contributed by atoms with van der Waals surface area (Å²) in [4.78, 5) is 30.2. The average molecular weight is 431 g/mol. The van der Waals surface area contributed by atoms with E-state index in [1.165, 1.54) is 5.56 Å². The van der Waals surface area contributed by atoms with E-state index in [1.807, 2.05) is 41.3 Å². The first-order valence-corrected chi connectivity index (χ1v) is 11.0. The number of hydrogen-bond acceptors (Lipinski definition) is 7. The molecule has 164 valence electrons. The van der Waals surface area contributed by atoms with Crippen molar-refractivity contribution in [3.63, 3.8) is 0 Å². The normalized spacial score (nSPS) is 18.8. The number of carbonyl (C=O) groups excluding carboxylic acids is 1. The molecule has 32 heavy (non-hydrogen) atoms. The fourth-order valence-electron chi connectivity index (χ4n) is 4.29. The van der Waals surface area contributed by atoms with Gasteiger partial charge in [-0.2, -0.15) is 0 Å². The second-order valence-electron chi connectivity index (χ2n) is 8.04. The number of pyridine rings is 1. The topological polar surface area (TPSA) is 83.5 Å². The molecule has 3 aromatic rings. The fraction of sp³-hybridized carbons (Fsp3) is 0.333. The molecule has 2 aliphatic heterocycles. The molecule has 1 aromatic carbocycles. The van der Waals surface area contributed by atoms with Crippen LogP contribution < -0.4 is 10.2 Å². The minimum atomic E-state index is -0.186. The minimum absolute atomic E-state index is 0.142. The van der Waals surface area contributed by atoms with Crippen LogP contribution in [0.5, 0.6) is 0 Å². The maximum atomic E-state index is 13.1. The second kappa shape index (κ2) is 9.42. The monoisotopic (exact) mass is 430 g/mol. The van der Waals surface area contributed by atoms with Crippen LogP contribution in [0.25, 0.3) is 0 Å². The van der Waals surface area contributed by atoms with Crippen LogP contribution in [0.3, 0.4) is 0 Å². The van der Waals surface area contributed by atoms with Crippen LogP contribution in [0.4, 0.5) is 17.3 Å². The minimum Gasteiger partial charge on any atom is -0.369 e. The summed E-state index contributed by atoms with van der Waals surface area (Å²) in [6.07, 6.45) is 6.76. The molecular formula is C24H26N6O2. The van der Waals surface area contributed by atoms with Gasteiger partial charge in [-0.25, -0.2) is 9.97 Å². The van der Waals surface area contributed by atoms with Crippen LogP contribution in [0.2, 0.25) is 0 Å². The largest absolute Gasteiger partial charge is 0.369 e. The summed E-state index contributed by atoms with van der Waals surface area (Å²) >= 11 is 0. The summed E-state index contributed by atoms with van der Waals surface area (Å²) in [6, 6.07) is 14.0. The summed E-state index contributed by atoms with van der Waals surface area (Å²) < 4.78 is 6.00. The standard InChI is InChI=1S/C24H26N6O2/c31-24(30-12-4-6-18-5-1-2-8-20(18)30)17-29-13-14-32-21(16-29)19-7-3-9-22(27-19)28-23-15-25-10-11-26-23/h1-3,5,7-11,15,21H,4,6,12-14,16-17H2,(H,26,27,28)/t21-/m0/s1. The van der Waals surface area contributed by atoms with Crippen molar-refractivity contribution < 1.29 is 9.53 Å². The lowest BCUT2D eigenvalue weighted by molar-refractivity contribution is -0.122. The first-order chi connectivity index (χ1) is 15.8. The summed E-state index contributed by atoms with van der Waals surface area (Å²) in [5.74, 6) is 1.46. The van der Waals surface area contributed by atoms with Gasteiger partial charge in [-0.1, -0.05) is 24.3 Å². The number of morpholine rings is 1. The smallest absolute Gasteiger partial charge is 0.241 e. The molecule has 5 rings (SSSR count). The number of benzene rings is 1. The summed E-state index contributed by atoms with van der Waals surface area (Å²) in [6.45, 7) is 3.09. The number of para-hydroxylation sites is 1. The van der Waals surface area contributed by atoms with E-state index in [0.717, 1.165) is 37.3 Å². The maximum Gasteiger partial charge on any atom is 0.241 e. The lowest BCUT2D eigenvalue weighted by atomic mass is 10.0. The predicted octanol–water partition coefficient (Wildman–Crippen LogP) is 2.97. The number of hydrogen-bond donors (Lipinski definition) is 1. The number of carbonyl (C=O) groups is 1. The number of anilines is 3. The molecule has 1 atom stereocenters. The van der Waals surface area contributed by atoms with E-state index in [4.69, 9.17) is 9.72 Å². The van der Waals surface area contributed by atoms with E-state index in [9.17, 15) is 4.79 Å². The van der Waals surface area contributed by atoms with Gasteiger partial charge in [0, 0.05) is 37.7 Å². The molecule has 8 nitrogen and oxygen atoms in total. The maximum absolute atomic E-state index is 13.1. The van der Waals surface area contributed by atoms with Crippen LogP contribution in [-0.4, -0.2) is 58.5 Å². The van der Waals surface area contributed by atoms with Gasteiger partial charge in [-0.15, -0.1) is 0 Å². The van der Waals surface area contributed by atoms with E-state index in [1.54, 1.807) is 18.6 Å². The van der Waals surface area contributed by atoms with Gasteiger partial charge in [0.15, 0.2) is 0 Å². The Bertz CT molecular complexity index is 1080. The number of rotatable bonds is 5. The Hall–Kier alpha value is -3.36. The number of aromatic nitrogens is 3. The highest BCUT2D eigenvalue weighted by atomic mass is 16.5. The molecule has 0 saturated carbocycles. The van der Waals surface area contributed by atoms with Crippen molar-refractivity contribution in [3.8, 4) is 0 Å². The third-order valence-electron chi connectivity index (χ3n) is 5.84. The molecule has 0 unspecified atom stereocenters. The Balaban J connectivity index is 1.24. The summed E-state index contributed by atoms with van der Waals surface area (Å²) in [5.41, 5.74) is 3.14. The van der Waals surface area contributed by atoms with Crippen LogP contribution in [-0.2, 0) is 16.0 Å². The van der Waals surface area contributed by atoms with E-state index >= 15 is 0 Å². The van der Waals surface area contributed by atoms with Gasteiger partial charge in [-0.05, 0) is 36.6 Å². The van der Waals surface area contributed by atoms with E-state index in [2.05, 4.69) is 26.3 Å². The highest BCUT2D eigenvalue weighted by Crippen LogP contribution is 2.28. The number of nitrogens with zero attached hydrogens (tertiary/aromatic N) is 5. The highest BCUT2D eigenvalue weighted by Gasteiger charge is 2.28. The van der Waals surface area contributed by atoms with E-state index < -0.39 is 0 Å².